The Morgan fingerprint density at radius 1 is 0.833 bits per heavy atom. The minimum Gasteiger partial charge on any atom is -0.0623 e. The van der Waals surface area contributed by atoms with Crippen molar-refractivity contribution < 1.29 is 2.74 Å². The predicted molar refractivity (Wildman–Crippen MR) is 26.4 cm³/mol. The van der Waals surface area contributed by atoms with Crippen LogP contribution in [0.15, 0.2) is 36.4 Å². The largest absolute Gasteiger partial charge is 0.0623 e. The predicted octanol–water partition coefficient (Wildman–Crippen LogP) is 1.69. The SMILES string of the molecule is [2H]c1ccc([2H])cc1. The third kappa shape index (κ3) is 0.582. The molecule has 0 aliphatic carbocycles. The first-order valence-corrected chi connectivity index (χ1v) is 1.82. The van der Waals surface area contributed by atoms with Crippen LogP contribution in [-0.4, -0.2) is 0 Å². The summed E-state index contributed by atoms with van der Waals surface area (Å²) in [5, 5.41) is 0. The third-order valence-corrected chi connectivity index (χ3v) is 0.552. The van der Waals surface area contributed by atoms with E-state index in [1.165, 1.54) is 0 Å². The molecule has 0 heteroatoms. The summed E-state index contributed by atoms with van der Waals surface area (Å²) in [5.41, 5.74) is 0. The highest BCUT2D eigenvalue weighted by atomic mass is 13.6. The summed E-state index contributed by atoms with van der Waals surface area (Å²) in [6, 6.07) is 7.32. The molecule has 6 heavy (non-hydrogen) atoms. The molecule has 0 nitrogen and oxygen atoms in total. The minimum atomic E-state index is 0.459. The molecule has 0 unspecified atom stereocenters. The molecule has 0 saturated carbocycles. The van der Waals surface area contributed by atoms with Crippen molar-refractivity contribution in [3.8, 4) is 0 Å². The van der Waals surface area contributed by atoms with Crippen molar-refractivity contribution >= 4 is 0 Å². The van der Waals surface area contributed by atoms with Gasteiger partial charge in [0.1, 0.15) is 0 Å². The van der Waals surface area contributed by atoms with Gasteiger partial charge in [0.05, 0.1) is 2.74 Å². The van der Waals surface area contributed by atoms with Crippen molar-refractivity contribution in [2.24, 2.45) is 0 Å². The van der Waals surface area contributed by atoms with Gasteiger partial charge in [-0.15, -0.1) is 0 Å². The van der Waals surface area contributed by atoms with E-state index < -0.39 is 0 Å². The van der Waals surface area contributed by atoms with Gasteiger partial charge in [-0.2, -0.15) is 0 Å². The average Bonchev–Trinajstić information content (AvgIpc) is 1.77. The molecule has 0 N–H and O–H groups in total. The van der Waals surface area contributed by atoms with Crippen molar-refractivity contribution in [1.82, 2.24) is 0 Å². The van der Waals surface area contributed by atoms with E-state index in [4.69, 9.17) is 2.74 Å². The lowest BCUT2D eigenvalue weighted by molar-refractivity contribution is 1.72. The Labute approximate surface area is 40.2 Å². The normalized spacial score (nSPS) is 12.7. The lowest BCUT2D eigenvalue weighted by Gasteiger charge is -1.69. The monoisotopic (exact) mass is 80.1 g/mol. The Morgan fingerprint density at radius 3 is 1.50 bits per heavy atom. The van der Waals surface area contributed by atoms with E-state index in [2.05, 4.69) is 0 Å². The first kappa shape index (κ1) is 1.78. The highest BCUT2D eigenvalue weighted by Gasteiger charge is 1.57. The molecule has 0 spiro atoms. The summed E-state index contributed by atoms with van der Waals surface area (Å²) in [5.74, 6) is 0. The molecule has 0 fully saturated rings. The Bertz CT molecular complexity index is 145. The molecule has 30 valence electrons. The number of rotatable bonds is 0. The van der Waals surface area contributed by atoms with E-state index in [0.717, 1.165) is 0 Å². The van der Waals surface area contributed by atoms with Crippen molar-refractivity contribution in [2.45, 2.75) is 0 Å². The first-order chi connectivity index (χ1) is 3.79. The first-order valence-electron chi connectivity index (χ1n) is 2.82. The van der Waals surface area contributed by atoms with Gasteiger partial charge in [0.25, 0.3) is 0 Å². The summed E-state index contributed by atoms with van der Waals surface area (Å²) in [6.07, 6.45) is 0. The van der Waals surface area contributed by atoms with E-state index in [-0.39, 0.29) is 0 Å². The topological polar surface area (TPSA) is 0 Å². The summed E-state index contributed by atoms with van der Waals surface area (Å²) < 4.78 is 14.0. The van der Waals surface area contributed by atoms with Crippen LogP contribution in [0.3, 0.4) is 0 Å². The van der Waals surface area contributed by atoms with Gasteiger partial charge in [0.15, 0.2) is 0 Å². The molecule has 0 bridgehead atoms. The zero-order valence-electron chi connectivity index (χ0n) is 5.31. The van der Waals surface area contributed by atoms with Gasteiger partial charge in [0.2, 0.25) is 0 Å². The second-order valence-electron chi connectivity index (χ2n) is 1.00. The van der Waals surface area contributed by atoms with Crippen LogP contribution in [0, 0.1) is 0 Å². The average molecular weight is 80.1 g/mol. The Hall–Kier alpha value is -0.780. The number of hydrogen-bond acceptors (Lipinski definition) is 0. The van der Waals surface area contributed by atoms with Gasteiger partial charge >= 0.3 is 0 Å². The summed E-state index contributed by atoms with van der Waals surface area (Å²) in [6.45, 7) is 0. The van der Waals surface area contributed by atoms with Crippen LogP contribution in [-0.2, 0) is 0 Å². The van der Waals surface area contributed by atoms with Crippen molar-refractivity contribution in [1.29, 1.82) is 0 Å². The van der Waals surface area contributed by atoms with E-state index in [1.807, 2.05) is 0 Å². The highest BCUT2D eigenvalue weighted by Crippen LogP contribution is 1.79. The van der Waals surface area contributed by atoms with Gasteiger partial charge in [-0.3, -0.25) is 0 Å². The lowest BCUT2D eigenvalue weighted by Crippen LogP contribution is -1.47. The molecule has 0 heterocycles. The standard InChI is InChI=1S/C6H6/c1-2-4-6-5-3-1/h1-6H/i1D,6D. The number of hydrogen-bond donors (Lipinski definition) is 0. The summed E-state index contributed by atoms with van der Waals surface area (Å²) in [7, 11) is 0. The van der Waals surface area contributed by atoms with E-state index in [0.29, 0.717) is 12.1 Å². The quantitative estimate of drug-likeness (QED) is 0.445. The molecular weight excluding hydrogens is 72.1 g/mol. The summed E-state index contributed by atoms with van der Waals surface area (Å²) in [4.78, 5) is 0. The van der Waals surface area contributed by atoms with Crippen molar-refractivity contribution in [2.75, 3.05) is 0 Å². The van der Waals surface area contributed by atoms with Crippen molar-refractivity contribution in [3.63, 3.8) is 0 Å². The van der Waals surface area contributed by atoms with Crippen LogP contribution in [0.25, 0.3) is 0 Å². The Morgan fingerprint density at radius 2 is 1.17 bits per heavy atom. The summed E-state index contributed by atoms with van der Waals surface area (Å²) >= 11 is 0. The highest BCUT2D eigenvalue weighted by molar-refractivity contribution is 4.99. The minimum absolute atomic E-state index is 0.459. The second-order valence-corrected chi connectivity index (χ2v) is 1.00. The maximum atomic E-state index is 7.01. The molecular formula is C6H6. The van der Waals surface area contributed by atoms with Crippen LogP contribution >= 0.6 is 0 Å². The molecule has 1 rings (SSSR count). The van der Waals surface area contributed by atoms with Crippen LogP contribution in [0.1, 0.15) is 2.74 Å². The fraction of sp³-hybridized carbons (Fsp3) is 0. The van der Waals surface area contributed by atoms with Gasteiger partial charge < -0.3 is 0 Å². The molecule has 0 aromatic heterocycles. The third-order valence-electron chi connectivity index (χ3n) is 0.552. The molecule has 0 saturated heterocycles. The van der Waals surface area contributed by atoms with E-state index >= 15 is 0 Å². The van der Waals surface area contributed by atoms with Crippen LogP contribution in [0.2, 0.25) is 0 Å². The van der Waals surface area contributed by atoms with Gasteiger partial charge in [-0.1, -0.05) is 36.4 Å². The van der Waals surface area contributed by atoms with E-state index in [1.54, 1.807) is 24.3 Å². The molecule has 0 atom stereocenters. The molecule has 0 radical (unpaired) electrons. The fourth-order valence-corrected chi connectivity index (χ4v) is 0.304. The van der Waals surface area contributed by atoms with Gasteiger partial charge in [-0.25, -0.2) is 0 Å². The van der Waals surface area contributed by atoms with E-state index in [9.17, 15) is 0 Å². The second kappa shape index (κ2) is 1.61. The Balaban J connectivity index is 3.03. The van der Waals surface area contributed by atoms with Crippen LogP contribution < -0.4 is 0 Å². The van der Waals surface area contributed by atoms with Crippen LogP contribution in [0.5, 0.6) is 0 Å². The lowest BCUT2D eigenvalue weighted by atomic mass is 10.4. The number of benzene rings is 1. The zero-order valence-corrected chi connectivity index (χ0v) is 3.31. The molecule has 0 aliphatic heterocycles. The molecule has 0 amide bonds. The zero-order chi connectivity index (χ0) is 5.98. The maximum absolute atomic E-state index is 7.01. The van der Waals surface area contributed by atoms with Crippen molar-refractivity contribution in [3.05, 3.63) is 36.4 Å². The molecule has 0 aliphatic rings. The van der Waals surface area contributed by atoms with Gasteiger partial charge in [-0.05, 0) is 0 Å². The smallest absolute Gasteiger partial charge is 0.0623 e. The Kier molecular flexibility index (Phi) is 0.477. The fourth-order valence-electron chi connectivity index (χ4n) is 0.304. The van der Waals surface area contributed by atoms with Gasteiger partial charge in [0, 0.05) is 0 Å². The molecule has 1 aromatic rings. The van der Waals surface area contributed by atoms with Crippen LogP contribution in [0.4, 0.5) is 0 Å². The molecule has 1 aromatic carbocycles. The maximum Gasteiger partial charge on any atom is 0.0623 e.